The molecule has 0 saturated heterocycles. The predicted octanol–water partition coefficient (Wildman–Crippen LogP) is 4.41. The van der Waals surface area contributed by atoms with Gasteiger partial charge in [-0.3, -0.25) is 0 Å². The summed E-state index contributed by atoms with van der Waals surface area (Å²) in [5.41, 5.74) is 6.17. The van der Waals surface area contributed by atoms with Crippen molar-refractivity contribution in [3.63, 3.8) is 0 Å². The van der Waals surface area contributed by atoms with Gasteiger partial charge in [0.1, 0.15) is 5.76 Å². The van der Waals surface area contributed by atoms with Crippen molar-refractivity contribution in [1.29, 1.82) is 5.26 Å². The molecule has 0 spiro atoms. The topological polar surface area (TPSA) is 43.9 Å². The Kier molecular flexibility index (Phi) is 5.14. The molecule has 3 heterocycles. The fourth-order valence-corrected chi connectivity index (χ4v) is 4.21. The Bertz CT molecular complexity index is 997. The molecule has 1 aromatic rings. The summed E-state index contributed by atoms with van der Waals surface area (Å²) in [4.78, 5) is 7.71. The number of hydrogen-bond acceptors (Lipinski definition) is 4. The summed E-state index contributed by atoms with van der Waals surface area (Å²) in [6, 6.07) is 6.54. The molecule has 3 aliphatic heterocycles. The van der Waals surface area contributed by atoms with Gasteiger partial charge < -0.3 is 14.5 Å². The first-order chi connectivity index (χ1) is 14.1. The smallest absolute Gasteiger partial charge is 0.269 e. The van der Waals surface area contributed by atoms with E-state index < -0.39 is 0 Å². The van der Waals surface area contributed by atoms with E-state index in [0.717, 1.165) is 12.8 Å². The lowest BCUT2D eigenvalue weighted by atomic mass is 9.90. The molecule has 0 N–H and O–H groups in total. The number of nitrogens with zero attached hydrogens (tertiary/aromatic N) is 4. The molecule has 0 bridgehead atoms. The van der Waals surface area contributed by atoms with E-state index in [4.69, 9.17) is 11.3 Å². The number of ether oxygens (including phenoxy) is 1. The maximum Gasteiger partial charge on any atom is 0.269 e. The van der Waals surface area contributed by atoms with Crippen molar-refractivity contribution in [3.05, 3.63) is 81.4 Å². The average Bonchev–Trinajstić information content (AvgIpc) is 2.73. The van der Waals surface area contributed by atoms with E-state index in [1.165, 1.54) is 48.3 Å². The van der Waals surface area contributed by atoms with Crippen molar-refractivity contribution in [2.75, 3.05) is 32.1 Å². The summed E-state index contributed by atoms with van der Waals surface area (Å²) in [6.07, 6.45) is 12.2. The van der Waals surface area contributed by atoms with Crippen LogP contribution in [0.4, 0.5) is 5.69 Å². The zero-order valence-electron chi connectivity index (χ0n) is 16.9. The van der Waals surface area contributed by atoms with Crippen molar-refractivity contribution in [2.24, 2.45) is 0 Å². The Hall–Kier alpha value is -3.44. The average molecular weight is 384 g/mol. The molecule has 0 fully saturated rings. The van der Waals surface area contributed by atoms with Crippen LogP contribution in [0.1, 0.15) is 29.5 Å². The molecule has 0 atom stereocenters. The fraction of sp³-hybridized carbons (Fsp3) is 0.333. The molecule has 0 aliphatic carbocycles. The molecular formula is C24H24N4O. The normalized spacial score (nSPS) is 19.4. The second-order valence-electron chi connectivity index (χ2n) is 7.77. The molecule has 0 unspecified atom stereocenters. The third kappa shape index (κ3) is 3.77. The molecular weight excluding hydrogens is 360 g/mol. The highest BCUT2D eigenvalue weighted by molar-refractivity contribution is 5.68. The number of aryl methyl sites for hydroxylation is 2. The maximum absolute atomic E-state index is 9.24. The number of rotatable bonds is 3. The van der Waals surface area contributed by atoms with Crippen LogP contribution in [-0.4, -0.2) is 32.1 Å². The lowest BCUT2D eigenvalue weighted by molar-refractivity contribution is 0.211. The third-order valence-corrected chi connectivity index (χ3v) is 5.53. The number of anilines is 1. The van der Waals surface area contributed by atoms with Crippen LogP contribution in [0.3, 0.4) is 0 Å². The van der Waals surface area contributed by atoms with Gasteiger partial charge in [0.15, 0.2) is 5.88 Å². The van der Waals surface area contributed by atoms with Crippen molar-refractivity contribution in [1.82, 2.24) is 4.90 Å². The lowest BCUT2D eigenvalue weighted by Crippen LogP contribution is -2.34. The molecule has 5 heteroatoms. The SMILES string of the molecule is [C-]#[N+]/C(C#N)=C1C=C(/C=C/c2cc3c4c(c2)CCCN4CCC3)OC(N(C)C)=C/1. The highest BCUT2D eigenvalue weighted by atomic mass is 16.5. The minimum Gasteiger partial charge on any atom is -0.441 e. The van der Waals surface area contributed by atoms with E-state index in [-0.39, 0.29) is 5.70 Å². The summed E-state index contributed by atoms with van der Waals surface area (Å²) in [7, 11) is 3.75. The first kappa shape index (κ1) is 18.9. The van der Waals surface area contributed by atoms with E-state index in [1.54, 1.807) is 12.2 Å². The van der Waals surface area contributed by atoms with Crippen LogP contribution >= 0.6 is 0 Å². The molecule has 3 aliphatic rings. The number of hydrogen-bond donors (Lipinski definition) is 0. The van der Waals surface area contributed by atoms with Crippen LogP contribution in [0, 0.1) is 17.9 Å². The van der Waals surface area contributed by atoms with Gasteiger partial charge in [0, 0.05) is 38.4 Å². The summed E-state index contributed by atoms with van der Waals surface area (Å²) in [5.74, 6) is 1.23. The standard InChI is InChI=1S/C24H24N4O/c1-26-22(16-25)20-14-21(29-23(15-20)27(2)3)9-8-17-12-18-6-4-10-28-11-5-7-19(13-17)24(18)28/h8-9,12-15H,4-7,10-11H2,2-3H3/b9-8+,22-20-. The van der Waals surface area contributed by atoms with Crippen molar-refractivity contribution < 1.29 is 4.74 Å². The molecule has 0 aromatic heterocycles. The largest absolute Gasteiger partial charge is 0.441 e. The Morgan fingerprint density at radius 3 is 2.45 bits per heavy atom. The zero-order valence-corrected chi connectivity index (χ0v) is 16.9. The van der Waals surface area contributed by atoms with Gasteiger partial charge in [-0.05, 0) is 72.7 Å². The monoisotopic (exact) mass is 384 g/mol. The predicted molar refractivity (Wildman–Crippen MR) is 115 cm³/mol. The second kappa shape index (κ2) is 7.89. The first-order valence-electron chi connectivity index (χ1n) is 9.98. The van der Waals surface area contributed by atoms with Crippen molar-refractivity contribution in [3.8, 4) is 6.07 Å². The minimum absolute atomic E-state index is 0.0665. The molecule has 5 nitrogen and oxygen atoms in total. The van der Waals surface area contributed by atoms with E-state index in [2.05, 4.69) is 28.0 Å². The van der Waals surface area contributed by atoms with Crippen LogP contribution in [-0.2, 0) is 17.6 Å². The minimum atomic E-state index is 0.0665. The van der Waals surface area contributed by atoms with Gasteiger partial charge in [0.25, 0.3) is 5.70 Å². The Balaban J connectivity index is 1.66. The molecule has 4 rings (SSSR count). The van der Waals surface area contributed by atoms with Gasteiger partial charge in [0.2, 0.25) is 0 Å². The lowest BCUT2D eigenvalue weighted by Gasteiger charge is -2.37. The van der Waals surface area contributed by atoms with Crippen LogP contribution in [0.25, 0.3) is 10.9 Å². The summed E-state index contributed by atoms with van der Waals surface area (Å²) in [6.45, 7) is 9.58. The Morgan fingerprint density at radius 1 is 1.17 bits per heavy atom. The molecule has 29 heavy (non-hydrogen) atoms. The van der Waals surface area contributed by atoms with Gasteiger partial charge in [-0.2, -0.15) is 0 Å². The number of allylic oxidation sites excluding steroid dienone is 5. The van der Waals surface area contributed by atoms with E-state index in [0.29, 0.717) is 17.2 Å². The highest BCUT2D eigenvalue weighted by Crippen LogP contribution is 2.36. The fourth-order valence-electron chi connectivity index (χ4n) is 4.21. The number of nitriles is 1. The van der Waals surface area contributed by atoms with Crippen LogP contribution in [0.15, 0.2) is 53.3 Å². The van der Waals surface area contributed by atoms with E-state index in [1.807, 2.05) is 31.1 Å². The molecule has 0 saturated carbocycles. The summed E-state index contributed by atoms with van der Waals surface area (Å²) < 4.78 is 5.94. The highest BCUT2D eigenvalue weighted by Gasteiger charge is 2.23. The molecule has 1 aromatic carbocycles. The van der Waals surface area contributed by atoms with Crippen LogP contribution < -0.4 is 4.90 Å². The van der Waals surface area contributed by atoms with Gasteiger partial charge >= 0.3 is 0 Å². The van der Waals surface area contributed by atoms with Gasteiger partial charge in [0.05, 0.1) is 12.6 Å². The zero-order chi connectivity index (χ0) is 20.4. The molecule has 0 radical (unpaired) electrons. The Labute approximate surface area is 172 Å². The Morgan fingerprint density at radius 2 is 1.86 bits per heavy atom. The summed E-state index contributed by atoms with van der Waals surface area (Å²) in [5, 5.41) is 9.24. The van der Waals surface area contributed by atoms with Gasteiger partial charge in [-0.1, -0.05) is 6.08 Å². The van der Waals surface area contributed by atoms with E-state index >= 15 is 0 Å². The van der Waals surface area contributed by atoms with Gasteiger partial charge in [-0.15, -0.1) is 0 Å². The second-order valence-corrected chi connectivity index (χ2v) is 7.77. The maximum atomic E-state index is 9.24. The molecule has 146 valence electrons. The van der Waals surface area contributed by atoms with Crippen molar-refractivity contribution in [2.45, 2.75) is 25.7 Å². The third-order valence-electron chi connectivity index (χ3n) is 5.53. The number of benzene rings is 1. The van der Waals surface area contributed by atoms with Gasteiger partial charge in [-0.25, -0.2) is 10.1 Å². The quantitative estimate of drug-likeness (QED) is 0.572. The molecule has 0 amide bonds. The summed E-state index contributed by atoms with van der Waals surface area (Å²) >= 11 is 0. The van der Waals surface area contributed by atoms with Crippen LogP contribution in [0.2, 0.25) is 0 Å². The first-order valence-corrected chi connectivity index (χ1v) is 9.98. The van der Waals surface area contributed by atoms with E-state index in [9.17, 15) is 5.26 Å². The van der Waals surface area contributed by atoms with Crippen LogP contribution in [0.5, 0.6) is 0 Å². The van der Waals surface area contributed by atoms with Crippen molar-refractivity contribution >= 4 is 11.8 Å².